The van der Waals surface area contributed by atoms with Gasteiger partial charge in [-0.15, -0.1) is 0 Å². The van der Waals surface area contributed by atoms with Crippen molar-refractivity contribution in [2.45, 2.75) is 6.92 Å². The van der Waals surface area contributed by atoms with E-state index in [9.17, 15) is 5.11 Å². The molecule has 2 aromatic rings. The second-order valence-electron chi connectivity index (χ2n) is 2.98. The van der Waals surface area contributed by atoms with Crippen LogP contribution in [0, 0.1) is 6.92 Å². The lowest BCUT2D eigenvalue weighted by Crippen LogP contribution is -1.79. The maximum absolute atomic E-state index is 9.29. The first-order chi connectivity index (χ1) is 6.27. The first-order valence-electron chi connectivity index (χ1n) is 4.11. The van der Waals surface area contributed by atoms with E-state index in [0.29, 0.717) is 0 Å². The molecule has 0 aliphatic carbocycles. The van der Waals surface area contributed by atoms with Crippen molar-refractivity contribution in [3.05, 3.63) is 42.2 Å². The fourth-order valence-electron chi connectivity index (χ4n) is 1.31. The van der Waals surface area contributed by atoms with E-state index in [2.05, 4.69) is 0 Å². The largest absolute Gasteiger partial charge is 0.508 e. The maximum atomic E-state index is 9.29. The van der Waals surface area contributed by atoms with Crippen molar-refractivity contribution in [3.8, 4) is 17.1 Å². The first kappa shape index (κ1) is 7.92. The standard InChI is InChI=1S/C11H10O2/c1-8-4-5-9(12)7-10(8)11-3-2-6-13-11/h2-7,12H,1H3. The predicted molar refractivity (Wildman–Crippen MR) is 50.5 cm³/mol. The Balaban J connectivity index is 2.57. The zero-order valence-corrected chi connectivity index (χ0v) is 7.32. The first-order valence-corrected chi connectivity index (χ1v) is 4.11. The van der Waals surface area contributed by atoms with Crippen LogP contribution in [0.1, 0.15) is 5.56 Å². The molecule has 0 saturated heterocycles. The lowest BCUT2D eigenvalue weighted by atomic mass is 10.1. The van der Waals surface area contributed by atoms with E-state index in [1.807, 2.05) is 25.1 Å². The van der Waals surface area contributed by atoms with Crippen molar-refractivity contribution in [2.75, 3.05) is 0 Å². The van der Waals surface area contributed by atoms with Crippen LogP contribution in [-0.2, 0) is 0 Å². The topological polar surface area (TPSA) is 33.4 Å². The Labute approximate surface area is 76.4 Å². The molecule has 0 fully saturated rings. The van der Waals surface area contributed by atoms with Gasteiger partial charge in [-0.25, -0.2) is 0 Å². The minimum atomic E-state index is 0.261. The van der Waals surface area contributed by atoms with Crippen molar-refractivity contribution >= 4 is 0 Å². The van der Waals surface area contributed by atoms with Gasteiger partial charge in [0.05, 0.1) is 6.26 Å². The molecule has 0 bridgehead atoms. The van der Waals surface area contributed by atoms with Crippen LogP contribution in [0.4, 0.5) is 0 Å². The zero-order chi connectivity index (χ0) is 9.26. The number of rotatable bonds is 1. The number of hydrogen-bond acceptors (Lipinski definition) is 2. The Hall–Kier alpha value is -1.70. The van der Waals surface area contributed by atoms with E-state index in [-0.39, 0.29) is 5.75 Å². The third-order valence-electron chi connectivity index (χ3n) is 2.01. The maximum Gasteiger partial charge on any atom is 0.134 e. The monoisotopic (exact) mass is 174 g/mol. The van der Waals surface area contributed by atoms with Gasteiger partial charge in [-0.2, -0.15) is 0 Å². The fraction of sp³-hybridized carbons (Fsp3) is 0.0909. The molecule has 1 aromatic carbocycles. The summed E-state index contributed by atoms with van der Waals surface area (Å²) in [6.07, 6.45) is 1.62. The van der Waals surface area contributed by atoms with Crippen LogP contribution in [0.5, 0.6) is 5.75 Å². The minimum Gasteiger partial charge on any atom is -0.508 e. The van der Waals surface area contributed by atoms with Crippen molar-refractivity contribution in [1.82, 2.24) is 0 Å². The zero-order valence-electron chi connectivity index (χ0n) is 7.32. The molecule has 0 radical (unpaired) electrons. The summed E-state index contributed by atoms with van der Waals surface area (Å²) in [5.41, 5.74) is 2.03. The summed E-state index contributed by atoms with van der Waals surface area (Å²) in [6.45, 7) is 1.98. The van der Waals surface area contributed by atoms with Crippen molar-refractivity contribution < 1.29 is 9.52 Å². The molecule has 1 heterocycles. The normalized spacial score (nSPS) is 10.2. The molecular formula is C11H10O2. The number of hydrogen-bond donors (Lipinski definition) is 1. The Morgan fingerprint density at radius 3 is 2.77 bits per heavy atom. The number of benzene rings is 1. The molecule has 1 N–H and O–H groups in total. The van der Waals surface area contributed by atoms with Crippen LogP contribution in [-0.4, -0.2) is 5.11 Å². The van der Waals surface area contributed by atoms with Gasteiger partial charge in [0.25, 0.3) is 0 Å². The summed E-state index contributed by atoms with van der Waals surface area (Å²) in [5, 5.41) is 9.29. The average Bonchev–Trinajstić information content (AvgIpc) is 2.61. The summed E-state index contributed by atoms with van der Waals surface area (Å²) in [5.74, 6) is 1.05. The van der Waals surface area contributed by atoms with E-state index >= 15 is 0 Å². The lowest BCUT2D eigenvalue weighted by molar-refractivity contribution is 0.475. The molecule has 2 rings (SSSR count). The molecule has 0 aliphatic heterocycles. The fourth-order valence-corrected chi connectivity index (χ4v) is 1.31. The summed E-state index contributed by atoms with van der Waals surface area (Å²) in [6, 6.07) is 8.95. The highest BCUT2D eigenvalue weighted by Crippen LogP contribution is 2.26. The number of furan rings is 1. The smallest absolute Gasteiger partial charge is 0.134 e. The van der Waals surface area contributed by atoms with Gasteiger partial charge in [0.15, 0.2) is 0 Å². The summed E-state index contributed by atoms with van der Waals surface area (Å²) in [4.78, 5) is 0. The number of aryl methyl sites for hydroxylation is 1. The van der Waals surface area contributed by atoms with Crippen LogP contribution in [0.15, 0.2) is 41.0 Å². The van der Waals surface area contributed by atoms with E-state index in [1.165, 1.54) is 0 Å². The van der Waals surface area contributed by atoms with Crippen LogP contribution in [0.3, 0.4) is 0 Å². The molecule has 2 heteroatoms. The summed E-state index contributed by atoms with van der Waals surface area (Å²) < 4.78 is 5.24. The third-order valence-corrected chi connectivity index (χ3v) is 2.01. The SMILES string of the molecule is Cc1ccc(O)cc1-c1ccco1. The van der Waals surface area contributed by atoms with Gasteiger partial charge in [0, 0.05) is 5.56 Å². The number of aromatic hydroxyl groups is 1. The van der Waals surface area contributed by atoms with Crippen LogP contribution < -0.4 is 0 Å². The Bertz CT molecular complexity index is 402. The molecule has 2 nitrogen and oxygen atoms in total. The van der Waals surface area contributed by atoms with Crippen molar-refractivity contribution in [1.29, 1.82) is 0 Å². The second-order valence-corrected chi connectivity index (χ2v) is 2.98. The van der Waals surface area contributed by atoms with E-state index in [1.54, 1.807) is 18.4 Å². The van der Waals surface area contributed by atoms with E-state index < -0.39 is 0 Å². The summed E-state index contributed by atoms with van der Waals surface area (Å²) in [7, 11) is 0. The van der Waals surface area contributed by atoms with Gasteiger partial charge in [-0.1, -0.05) is 6.07 Å². The van der Waals surface area contributed by atoms with Gasteiger partial charge in [-0.05, 0) is 36.8 Å². The van der Waals surface area contributed by atoms with Crippen molar-refractivity contribution in [2.24, 2.45) is 0 Å². The van der Waals surface area contributed by atoms with Gasteiger partial charge < -0.3 is 9.52 Å². The highest BCUT2D eigenvalue weighted by Gasteiger charge is 2.04. The number of phenols is 1. The molecule has 0 spiro atoms. The predicted octanol–water partition coefficient (Wildman–Crippen LogP) is 2.96. The second kappa shape index (κ2) is 2.98. The molecule has 0 aliphatic rings. The van der Waals surface area contributed by atoms with Crippen LogP contribution >= 0.6 is 0 Å². The Kier molecular flexibility index (Phi) is 1.81. The molecule has 0 atom stereocenters. The quantitative estimate of drug-likeness (QED) is 0.721. The molecule has 13 heavy (non-hydrogen) atoms. The number of phenolic OH excluding ortho intramolecular Hbond substituents is 1. The Morgan fingerprint density at radius 1 is 1.23 bits per heavy atom. The molecular weight excluding hydrogens is 164 g/mol. The lowest BCUT2D eigenvalue weighted by Gasteiger charge is -2.02. The summed E-state index contributed by atoms with van der Waals surface area (Å²) >= 11 is 0. The van der Waals surface area contributed by atoms with Gasteiger partial charge in [0.1, 0.15) is 11.5 Å². The molecule has 0 unspecified atom stereocenters. The van der Waals surface area contributed by atoms with Crippen LogP contribution in [0.2, 0.25) is 0 Å². The minimum absolute atomic E-state index is 0.261. The third kappa shape index (κ3) is 1.43. The highest BCUT2D eigenvalue weighted by molar-refractivity contribution is 5.63. The van der Waals surface area contributed by atoms with Gasteiger partial charge in [0.2, 0.25) is 0 Å². The van der Waals surface area contributed by atoms with E-state index in [4.69, 9.17) is 4.42 Å². The van der Waals surface area contributed by atoms with Crippen molar-refractivity contribution in [3.63, 3.8) is 0 Å². The average molecular weight is 174 g/mol. The Morgan fingerprint density at radius 2 is 2.08 bits per heavy atom. The molecule has 66 valence electrons. The van der Waals surface area contributed by atoms with Crippen LogP contribution in [0.25, 0.3) is 11.3 Å². The van der Waals surface area contributed by atoms with E-state index in [0.717, 1.165) is 16.9 Å². The molecule has 0 amide bonds. The molecule has 1 aromatic heterocycles. The molecule has 0 saturated carbocycles. The van der Waals surface area contributed by atoms with Gasteiger partial charge >= 0.3 is 0 Å². The van der Waals surface area contributed by atoms with Gasteiger partial charge in [-0.3, -0.25) is 0 Å². The highest BCUT2D eigenvalue weighted by atomic mass is 16.3.